The van der Waals surface area contributed by atoms with Crippen LogP contribution in [0.15, 0.2) is 58.9 Å². The first kappa shape index (κ1) is 15.7. The van der Waals surface area contributed by atoms with Crippen molar-refractivity contribution in [1.29, 1.82) is 0 Å². The van der Waals surface area contributed by atoms with Gasteiger partial charge in [0.2, 0.25) is 0 Å². The highest BCUT2D eigenvalue weighted by Crippen LogP contribution is 2.35. The molecule has 0 fully saturated rings. The van der Waals surface area contributed by atoms with Gasteiger partial charge in [-0.05, 0) is 42.0 Å². The molecule has 2 amide bonds. The highest BCUT2D eigenvalue weighted by molar-refractivity contribution is 8.16. The Kier molecular flexibility index (Phi) is 4.15. The topological polar surface area (TPSA) is 56.7 Å². The van der Waals surface area contributed by atoms with Gasteiger partial charge in [0.15, 0.2) is 5.17 Å². The van der Waals surface area contributed by atoms with E-state index in [4.69, 9.17) is 0 Å². The lowest BCUT2D eigenvalue weighted by atomic mass is 10.1. The Labute approximate surface area is 148 Å². The van der Waals surface area contributed by atoms with Gasteiger partial charge in [-0.15, -0.1) is 0 Å². The molecule has 0 bridgehead atoms. The van der Waals surface area contributed by atoms with Crippen molar-refractivity contribution in [3.05, 3.63) is 65.3 Å². The normalized spacial score (nSPS) is 15.5. The molecule has 2 aromatic rings. The molecule has 0 atom stereocenters. The number of halogens is 1. The summed E-state index contributed by atoms with van der Waals surface area (Å²) in [6.07, 6.45) is 0. The molecule has 2 N–H and O–H groups in total. The van der Waals surface area contributed by atoms with E-state index in [-0.39, 0.29) is 11.8 Å². The molecule has 2 aliphatic heterocycles. The number of carbonyl (C=O) groups is 1. The average Bonchev–Trinajstić information content (AvgIpc) is 3.21. The number of nitrogens with one attached hydrogen (secondary N) is 2. The van der Waals surface area contributed by atoms with Crippen molar-refractivity contribution in [3.8, 4) is 0 Å². The second-order valence-electron chi connectivity index (χ2n) is 5.60. The maximum Gasteiger partial charge on any atom is 0.323 e. The van der Waals surface area contributed by atoms with Crippen LogP contribution in [0, 0.1) is 5.82 Å². The Morgan fingerprint density at radius 2 is 1.68 bits per heavy atom. The molecule has 0 radical (unpaired) electrons. The Morgan fingerprint density at radius 1 is 1.04 bits per heavy atom. The Morgan fingerprint density at radius 3 is 2.36 bits per heavy atom. The molecule has 2 aromatic carbocycles. The molecule has 5 nitrogen and oxygen atoms in total. The number of hydrogen-bond donors (Lipinski definition) is 2. The number of rotatable bonds is 3. The van der Waals surface area contributed by atoms with Crippen LogP contribution in [0.2, 0.25) is 0 Å². The fourth-order valence-corrected chi connectivity index (χ4v) is 3.66. The number of nitrogens with zero attached hydrogens (tertiary/aromatic N) is 2. The number of aliphatic imine (C=N–C) groups is 1. The second-order valence-corrected chi connectivity index (χ2v) is 6.44. The standard InChI is InChI=1S/C18H15FN4OS/c19-13-3-7-15(8-4-13)22-17(24)21-14-5-1-12(2-6-14)16-11-25-18-20-9-10-23(16)18/h1-8,11H,9-10H2,(H2,21,22,24). The SMILES string of the molecule is O=C(Nc1ccc(F)cc1)Nc1ccc(C2=CSC3=NCCN23)cc1. The summed E-state index contributed by atoms with van der Waals surface area (Å²) in [4.78, 5) is 18.6. The number of amidine groups is 1. The molecule has 0 aromatic heterocycles. The number of benzene rings is 2. The summed E-state index contributed by atoms with van der Waals surface area (Å²) in [7, 11) is 0. The summed E-state index contributed by atoms with van der Waals surface area (Å²) < 4.78 is 12.9. The summed E-state index contributed by atoms with van der Waals surface area (Å²) in [5.74, 6) is -0.341. The molecule has 0 saturated heterocycles. The number of anilines is 2. The Balaban J connectivity index is 1.40. The maximum absolute atomic E-state index is 12.9. The Hall–Kier alpha value is -2.80. The number of hydrogen-bond acceptors (Lipinski definition) is 4. The number of amides is 2. The molecule has 0 spiro atoms. The van der Waals surface area contributed by atoms with E-state index in [1.807, 2.05) is 24.3 Å². The van der Waals surface area contributed by atoms with Crippen molar-refractivity contribution >= 4 is 40.0 Å². The van der Waals surface area contributed by atoms with Gasteiger partial charge in [0.1, 0.15) is 5.82 Å². The van der Waals surface area contributed by atoms with E-state index < -0.39 is 0 Å². The van der Waals surface area contributed by atoms with E-state index in [1.54, 1.807) is 11.8 Å². The number of thioether (sulfide) groups is 1. The van der Waals surface area contributed by atoms with Crippen molar-refractivity contribution in [3.63, 3.8) is 0 Å². The molecule has 2 heterocycles. The van der Waals surface area contributed by atoms with Crippen LogP contribution < -0.4 is 10.6 Å². The molecule has 0 saturated carbocycles. The Bertz CT molecular complexity index is 862. The molecule has 4 rings (SSSR count). The van der Waals surface area contributed by atoms with Crippen LogP contribution in [0.25, 0.3) is 5.70 Å². The summed E-state index contributed by atoms with van der Waals surface area (Å²) in [6, 6.07) is 12.9. The minimum atomic E-state index is -0.371. The monoisotopic (exact) mass is 354 g/mol. The van der Waals surface area contributed by atoms with Crippen molar-refractivity contribution in [2.75, 3.05) is 23.7 Å². The summed E-state index contributed by atoms with van der Waals surface area (Å²) in [6.45, 7) is 1.75. The van der Waals surface area contributed by atoms with Gasteiger partial charge >= 0.3 is 6.03 Å². The first-order valence-corrected chi connectivity index (χ1v) is 8.70. The molecule has 25 heavy (non-hydrogen) atoms. The maximum atomic E-state index is 12.9. The van der Waals surface area contributed by atoms with Gasteiger partial charge in [-0.2, -0.15) is 0 Å². The highest BCUT2D eigenvalue weighted by Gasteiger charge is 2.26. The molecule has 0 unspecified atom stereocenters. The third-order valence-corrected chi connectivity index (χ3v) is 4.81. The predicted molar refractivity (Wildman–Crippen MR) is 100 cm³/mol. The van der Waals surface area contributed by atoms with Gasteiger partial charge in [0, 0.05) is 23.3 Å². The largest absolute Gasteiger partial charge is 0.323 e. The zero-order valence-electron chi connectivity index (χ0n) is 13.2. The van der Waals surface area contributed by atoms with Gasteiger partial charge in [0.25, 0.3) is 0 Å². The predicted octanol–water partition coefficient (Wildman–Crippen LogP) is 4.19. The lowest BCUT2D eigenvalue weighted by Gasteiger charge is -2.17. The van der Waals surface area contributed by atoms with Crippen LogP contribution in [-0.4, -0.2) is 29.2 Å². The van der Waals surface area contributed by atoms with Gasteiger partial charge < -0.3 is 15.5 Å². The van der Waals surface area contributed by atoms with Crippen LogP contribution in [-0.2, 0) is 0 Å². The van der Waals surface area contributed by atoms with Crippen LogP contribution in [0.4, 0.5) is 20.6 Å². The van der Waals surface area contributed by atoms with Gasteiger partial charge in [-0.25, -0.2) is 9.18 Å². The van der Waals surface area contributed by atoms with Crippen molar-refractivity contribution in [2.24, 2.45) is 4.99 Å². The second kappa shape index (κ2) is 6.60. The van der Waals surface area contributed by atoms with Crippen LogP contribution in [0.1, 0.15) is 5.56 Å². The molecule has 126 valence electrons. The smallest absolute Gasteiger partial charge is 0.318 e. The van der Waals surface area contributed by atoms with Crippen LogP contribution in [0.5, 0.6) is 0 Å². The third-order valence-electron chi connectivity index (χ3n) is 3.91. The van der Waals surface area contributed by atoms with Crippen molar-refractivity contribution in [2.45, 2.75) is 0 Å². The quantitative estimate of drug-likeness (QED) is 0.869. The lowest BCUT2D eigenvalue weighted by Crippen LogP contribution is -2.20. The molecule has 0 aliphatic carbocycles. The van der Waals surface area contributed by atoms with E-state index >= 15 is 0 Å². The van der Waals surface area contributed by atoms with Crippen molar-refractivity contribution in [1.82, 2.24) is 4.90 Å². The van der Waals surface area contributed by atoms with E-state index in [0.29, 0.717) is 11.4 Å². The van der Waals surface area contributed by atoms with Crippen LogP contribution in [0.3, 0.4) is 0 Å². The zero-order chi connectivity index (χ0) is 17.2. The van der Waals surface area contributed by atoms with E-state index in [0.717, 1.165) is 29.5 Å². The highest BCUT2D eigenvalue weighted by atomic mass is 32.2. The summed E-state index contributed by atoms with van der Waals surface area (Å²) in [5, 5.41) is 8.58. The first-order chi connectivity index (χ1) is 12.2. The minimum absolute atomic E-state index is 0.341. The van der Waals surface area contributed by atoms with Gasteiger partial charge in [-0.3, -0.25) is 4.99 Å². The number of carbonyl (C=O) groups excluding carboxylic acids is 1. The molecule has 2 aliphatic rings. The van der Waals surface area contributed by atoms with Gasteiger partial charge in [-0.1, -0.05) is 23.9 Å². The van der Waals surface area contributed by atoms with Crippen molar-refractivity contribution < 1.29 is 9.18 Å². The third kappa shape index (κ3) is 3.36. The van der Waals surface area contributed by atoms with E-state index in [9.17, 15) is 9.18 Å². The molecule has 7 heteroatoms. The summed E-state index contributed by atoms with van der Waals surface area (Å²) >= 11 is 1.64. The summed E-state index contributed by atoms with van der Waals surface area (Å²) in [5.41, 5.74) is 3.45. The zero-order valence-corrected chi connectivity index (χ0v) is 14.0. The van der Waals surface area contributed by atoms with E-state index in [1.165, 1.54) is 24.3 Å². The molecular weight excluding hydrogens is 339 g/mol. The fraction of sp³-hybridized carbons (Fsp3) is 0.111. The number of urea groups is 1. The fourth-order valence-electron chi connectivity index (χ4n) is 2.70. The first-order valence-electron chi connectivity index (χ1n) is 7.82. The van der Waals surface area contributed by atoms with Crippen LogP contribution >= 0.6 is 11.8 Å². The number of fused-ring (bicyclic) bond motifs is 1. The van der Waals surface area contributed by atoms with Gasteiger partial charge in [0.05, 0.1) is 12.2 Å². The molecular formula is C18H15FN4OS. The van der Waals surface area contributed by atoms with E-state index in [2.05, 4.69) is 25.9 Å². The lowest BCUT2D eigenvalue weighted by molar-refractivity contribution is 0.262. The minimum Gasteiger partial charge on any atom is -0.318 e. The average molecular weight is 354 g/mol.